The molecule has 4 heteroatoms. The summed E-state index contributed by atoms with van der Waals surface area (Å²) < 4.78 is 7.04. The van der Waals surface area contributed by atoms with Crippen molar-refractivity contribution < 1.29 is 9.53 Å². The van der Waals surface area contributed by atoms with Gasteiger partial charge in [-0.15, -0.1) is 0 Å². The maximum atomic E-state index is 12.4. The van der Waals surface area contributed by atoms with Crippen LogP contribution in [0.2, 0.25) is 0 Å². The molecular formula is C16H20N2O2. The molecule has 0 bridgehead atoms. The second-order valence-corrected chi connectivity index (χ2v) is 4.62. The van der Waals surface area contributed by atoms with Gasteiger partial charge in [0, 0.05) is 5.69 Å². The van der Waals surface area contributed by atoms with Crippen LogP contribution in [-0.4, -0.2) is 22.7 Å². The first-order valence-corrected chi connectivity index (χ1v) is 6.91. The summed E-state index contributed by atoms with van der Waals surface area (Å²) in [7, 11) is 1.58. The lowest BCUT2D eigenvalue weighted by Gasteiger charge is -2.08. The van der Waals surface area contributed by atoms with Crippen LogP contribution in [0.15, 0.2) is 30.3 Å². The van der Waals surface area contributed by atoms with Crippen LogP contribution in [0.5, 0.6) is 5.75 Å². The molecule has 0 atom stereocenters. The molecule has 0 fully saturated rings. The number of methoxy groups -OCH3 is 1. The van der Waals surface area contributed by atoms with Gasteiger partial charge in [0.25, 0.3) is 0 Å². The van der Waals surface area contributed by atoms with Gasteiger partial charge in [-0.25, -0.2) is 0 Å². The molecule has 0 saturated carbocycles. The predicted octanol–water partition coefficient (Wildman–Crippen LogP) is 2.90. The van der Waals surface area contributed by atoms with Crippen LogP contribution in [0.4, 0.5) is 0 Å². The molecule has 1 aromatic heterocycles. The number of hydrogen-bond donors (Lipinski definition) is 0. The van der Waals surface area contributed by atoms with E-state index in [4.69, 9.17) is 4.74 Å². The molecular weight excluding hydrogens is 252 g/mol. The highest BCUT2D eigenvalue weighted by atomic mass is 16.5. The van der Waals surface area contributed by atoms with Gasteiger partial charge >= 0.3 is 0 Å². The first-order valence-electron chi connectivity index (χ1n) is 6.91. The summed E-state index contributed by atoms with van der Waals surface area (Å²) in [6, 6.07) is 9.36. The van der Waals surface area contributed by atoms with Crippen LogP contribution < -0.4 is 4.74 Å². The number of Topliss-reactive ketones (excluding diaryl/α,β-unsaturated/α-hetero) is 1. The van der Waals surface area contributed by atoms with Gasteiger partial charge < -0.3 is 4.74 Å². The molecule has 0 aliphatic carbocycles. The maximum absolute atomic E-state index is 12.4. The lowest BCUT2D eigenvalue weighted by molar-refractivity contribution is 0.0963. The molecule has 1 aromatic carbocycles. The topological polar surface area (TPSA) is 44.1 Å². The first-order chi connectivity index (χ1) is 9.69. The van der Waals surface area contributed by atoms with E-state index in [0.717, 1.165) is 24.2 Å². The van der Waals surface area contributed by atoms with E-state index >= 15 is 0 Å². The van der Waals surface area contributed by atoms with Crippen LogP contribution in [0, 0.1) is 0 Å². The second-order valence-electron chi connectivity index (χ2n) is 4.62. The number of aromatic nitrogens is 2. The molecule has 0 spiro atoms. The lowest BCUT2D eigenvalue weighted by Crippen LogP contribution is -2.15. The molecule has 0 radical (unpaired) electrons. The number of rotatable bonds is 6. The first kappa shape index (κ1) is 14.3. The zero-order chi connectivity index (χ0) is 14.5. The van der Waals surface area contributed by atoms with Crippen molar-refractivity contribution in [3.05, 3.63) is 47.3 Å². The van der Waals surface area contributed by atoms with Crippen LogP contribution in [-0.2, 0) is 19.4 Å². The third kappa shape index (κ3) is 2.90. The highest BCUT2D eigenvalue weighted by Crippen LogP contribution is 2.19. The summed E-state index contributed by atoms with van der Waals surface area (Å²) in [6.45, 7) is 4.39. The largest absolute Gasteiger partial charge is 0.496 e. The van der Waals surface area contributed by atoms with Crippen LogP contribution in [0.3, 0.4) is 0 Å². The van der Waals surface area contributed by atoms with E-state index in [2.05, 4.69) is 25.0 Å². The number of carbonyl (C=O) groups excluding carboxylic acids is 1. The summed E-state index contributed by atoms with van der Waals surface area (Å²) in [5.41, 5.74) is 2.71. The number of ketones is 1. The Morgan fingerprint density at radius 1 is 1.25 bits per heavy atom. The average Bonchev–Trinajstić information content (AvgIpc) is 2.89. The molecule has 0 N–H and O–H groups in total. The normalized spacial score (nSPS) is 10.6. The number of ether oxygens (including phenoxy) is 1. The molecule has 2 aromatic rings. The Bertz CT molecular complexity index is 602. The SMILES string of the molecule is CCc1cc(CC)n(CC(=O)c2ccccc2OC)n1. The Kier molecular flexibility index (Phi) is 4.56. The predicted molar refractivity (Wildman–Crippen MR) is 78.3 cm³/mol. The highest BCUT2D eigenvalue weighted by molar-refractivity contribution is 5.98. The maximum Gasteiger partial charge on any atom is 0.187 e. The van der Waals surface area contributed by atoms with Crippen molar-refractivity contribution in [3.63, 3.8) is 0 Å². The molecule has 4 nitrogen and oxygen atoms in total. The highest BCUT2D eigenvalue weighted by Gasteiger charge is 2.14. The van der Waals surface area contributed by atoms with Gasteiger partial charge in [0.2, 0.25) is 0 Å². The summed E-state index contributed by atoms with van der Waals surface area (Å²) in [5, 5.41) is 4.48. The Balaban J connectivity index is 2.25. The number of carbonyl (C=O) groups is 1. The number of nitrogens with zero attached hydrogens (tertiary/aromatic N) is 2. The molecule has 0 saturated heterocycles. The zero-order valence-corrected chi connectivity index (χ0v) is 12.2. The van der Waals surface area contributed by atoms with E-state index in [0.29, 0.717) is 11.3 Å². The molecule has 20 heavy (non-hydrogen) atoms. The number of aryl methyl sites for hydroxylation is 2. The second kappa shape index (κ2) is 6.37. The van der Waals surface area contributed by atoms with E-state index in [1.165, 1.54) is 0 Å². The lowest BCUT2D eigenvalue weighted by atomic mass is 10.1. The van der Waals surface area contributed by atoms with E-state index in [1.807, 2.05) is 12.1 Å². The summed E-state index contributed by atoms with van der Waals surface area (Å²) in [5.74, 6) is 0.626. The molecule has 0 aliphatic rings. The molecule has 2 rings (SSSR count). The van der Waals surface area contributed by atoms with Crippen LogP contribution >= 0.6 is 0 Å². The van der Waals surface area contributed by atoms with Crippen molar-refractivity contribution in [2.75, 3.05) is 7.11 Å². The van der Waals surface area contributed by atoms with E-state index < -0.39 is 0 Å². The van der Waals surface area contributed by atoms with Gasteiger partial charge in [-0.1, -0.05) is 26.0 Å². The quantitative estimate of drug-likeness (QED) is 0.759. The summed E-state index contributed by atoms with van der Waals surface area (Å²) in [6.07, 6.45) is 1.75. The number of para-hydroxylation sites is 1. The molecule has 106 valence electrons. The van der Waals surface area contributed by atoms with Gasteiger partial charge in [-0.2, -0.15) is 5.10 Å². The molecule has 0 amide bonds. The standard InChI is InChI=1S/C16H20N2O2/c1-4-12-10-13(5-2)18(17-12)11-15(19)14-8-6-7-9-16(14)20-3/h6-10H,4-5,11H2,1-3H3. The molecule has 0 aliphatic heterocycles. The summed E-state index contributed by atoms with van der Waals surface area (Å²) in [4.78, 5) is 12.4. The van der Waals surface area contributed by atoms with Gasteiger partial charge in [0.1, 0.15) is 12.3 Å². The Labute approximate surface area is 119 Å². The van der Waals surface area contributed by atoms with Crippen LogP contribution in [0.1, 0.15) is 35.6 Å². The van der Waals surface area contributed by atoms with Gasteiger partial charge in [-0.05, 0) is 31.0 Å². The Hall–Kier alpha value is -2.10. The Morgan fingerprint density at radius 2 is 2.00 bits per heavy atom. The average molecular weight is 272 g/mol. The van der Waals surface area contributed by atoms with Gasteiger partial charge in [0.05, 0.1) is 18.4 Å². The molecule has 0 unspecified atom stereocenters. The van der Waals surface area contributed by atoms with Gasteiger partial charge in [0.15, 0.2) is 5.78 Å². The monoisotopic (exact) mass is 272 g/mol. The third-order valence-electron chi connectivity index (χ3n) is 3.34. The van der Waals surface area contributed by atoms with E-state index in [9.17, 15) is 4.79 Å². The van der Waals surface area contributed by atoms with Gasteiger partial charge in [-0.3, -0.25) is 9.48 Å². The fourth-order valence-corrected chi connectivity index (χ4v) is 2.21. The number of hydrogen-bond acceptors (Lipinski definition) is 3. The van der Waals surface area contributed by atoms with E-state index in [-0.39, 0.29) is 12.3 Å². The Morgan fingerprint density at radius 3 is 2.65 bits per heavy atom. The van der Waals surface area contributed by atoms with Crippen molar-refractivity contribution in [3.8, 4) is 5.75 Å². The smallest absolute Gasteiger partial charge is 0.187 e. The van der Waals surface area contributed by atoms with Crippen molar-refractivity contribution in [2.24, 2.45) is 0 Å². The minimum atomic E-state index is 0.0166. The van der Waals surface area contributed by atoms with Crippen molar-refractivity contribution in [2.45, 2.75) is 33.2 Å². The van der Waals surface area contributed by atoms with E-state index in [1.54, 1.807) is 23.9 Å². The van der Waals surface area contributed by atoms with Crippen molar-refractivity contribution in [1.82, 2.24) is 9.78 Å². The number of benzene rings is 1. The van der Waals surface area contributed by atoms with Crippen LogP contribution in [0.25, 0.3) is 0 Å². The third-order valence-corrected chi connectivity index (χ3v) is 3.34. The molecule has 1 heterocycles. The zero-order valence-electron chi connectivity index (χ0n) is 12.2. The fourth-order valence-electron chi connectivity index (χ4n) is 2.21. The van der Waals surface area contributed by atoms with Crippen molar-refractivity contribution >= 4 is 5.78 Å². The minimum Gasteiger partial charge on any atom is -0.496 e. The minimum absolute atomic E-state index is 0.0166. The summed E-state index contributed by atoms with van der Waals surface area (Å²) >= 11 is 0. The van der Waals surface area contributed by atoms with Crippen molar-refractivity contribution in [1.29, 1.82) is 0 Å². The fraction of sp³-hybridized carbons (Fsp3) is 0.375.